The van der Waals surface area contributed by atoms with Crippen LogP contribution in [0.2, 0.25) is 0 Å². The monoisotopic (exact) mass is 644 g/mol. The molecule has 5 rings (SSSR count). The number of nitrogens with one attached hydrogen (secondary N) is 1. The topological polar surface area (TPSA) is 181 Å². The lowest BCUT2D eigenvalue weighted by Crippen LogP contribution is -2.53. The molecule has 4 heterocycles. The minimum Gasteiger partial charge on any atom is -0.501 e. The van der Waals surface area contributed by atoms with Gasteiger partial charge in [0.05, 0.1) is 18.0 Å². The molecule has 2 aromatic rings. The zero-order chi connectivity index (χ0) is 31.2. The second-order valence-electron chi connectivity index (χ2n) is 10.6. The Kier molecular flexibility index (Phi) is 8.64. The van der Waals surface area contributed by atoms with Gasteiger partial charge in [-0.2, -0.15) is 21.3 Å². The van der Waals surface area contributed by atoms with E-state index in [1.54, 1.807) is 0 Å². The van der Waals surface area contributed by atoms with Gasteiger partial charge in [-0.05, 0) is 17.7 Å². The largest absolute Gasteiger partial charge is 0.501 e. The highest BCUT2D eigenvalue weighted by Gasteiger charge is 2.43. The fraction of sp³-hybridized carbons (Fsp3) is 0.560. The third-order valence-corrected chi connectivity index (χ3v) is 11.8. The van der Waals surface area contributed by atoms with Gasteiger partial charge >= 0.3 is 0 Å². The van der Waals surface area contributed by atoms with Gasteiger partial charge in [0.15, 0.2) is 5.69 Å². The smallest absolute Gasteiger partial charge is 0.296 e. The number of aromatic nitrogens is 2. The lowest BCUT2D eigenvalue weighted by molar-refractivity contribution is -0.139. The van der Waals surface area contributed by atoms with Crippen molar-refractivity contribution in [3.05, 3.63) is 51.5 Å². The van der Waals surface area contributed by atoms with Crippen LogP contribution in [0.25, 0.3) is 0 Å². The van der Waals surface area contributed by atoms with Crippen molar-refractivity contribution in [3.63, 3.8) is 0 Å². The summed E-state index contributed by atoms with van der Waals surface area (Å²) in [6.45, 7) is 0.160. The Morgan fingerprint density at radius 2 is 1.72 bits per heavy atom. The molecule has 1 aromatic carbocycles. The van der Waals surface area contributed by atoms with Crippen LogP contribution in [-0.2, 0) is 48.4 Å². The predicted molar refractivity (Wildman–Crippen MR) is 148 cm³/mol. The summed E-state index contributed by atoms with van der Waals surface area (Å²) >= 11 is 0. The number of ether oxygens (including phenoxy) is 2. The Bertz CT molecular complexity index is 1680. The lowest BCUT2D eigenvalue weighted by atomic mass is 9.91. The third-order valence-electron chi connectivity index (χ3n) is 7.83. The highest BCUT2D eigenvalue weighted by Crippen LogP contribution is 2.37. The van der Waals surface area contributed by atoms with Gasteiger partial charge in [0.25, 0.3) is 21.7 Å². The number of piperazine rings is 1. The molecule has 3 aliphatic rings. The predicted octanol–water partition coefficient (Wildman–Crippen LogP) is -0.833. The van der Waals surface area contributed by atoms with Crippen molar-refractivity contribution < 1.29 is 40.6 Å². The molecule has 0 atom stereocenters. The number of carbonyl (C=O) groups excluding carboxylic acids is 1. The summed E-state index contributed by atoms with van der Waals surface area (Å²) in [5.41, 5.74) is -2.26. The number of aromatic hydroxyl groups is 1. The van der Waals surface area contributed by atoms with Gasteiger partial charge in [-0.1, -0.05) is 6.07 Å². The fourth-order valence-corrected chi connectivity index (χ4v) is 8.15. The van der Waals surface area contributed by atoms with Gasteiger partial charge in [-0.25, -0.2) is 17.8 Å². The van der Waals surface area contributed by atoms with Gasteiger partial charge in [-0.15, -0.1) is 0 Å². The average molecular weight is 645 g/mol. The first-order chi connectivity index (χ1) is 20.3. The molecular formula is C25H33FN6O9S2. The maximum Gasteiger partial charge on any atom is 0.296 e. The molecule has 0 unspecified atom stereocenters. The quantitative estimate of drug-likeness (QED) is 0.386. The molecule has 2 saturated heterocycles. The van der Waals surface area contributed by atoms with Crippen molar-refractivity contribution in [1.29, 1.82) is 0 Å². The number of halogens is 1. The first-order valence-electron chi connectivity index (χ1n) is 13.6. The molecule has 236 valence electrons. The molecule has 0 bridgehead atoms. The van der Waals surface area contributed by atoms with E-state index in [9.17, 15) is 35.9 Å². The molecule has 1 aromatic heterocycles. The highest BCUT2D eigenvalue weighted by atomic mass is 32.2. The molecule has 0 radical (unpaired) electrons. The van der Waals surface area contributed by atoms with E-state index < -0.39 is 66.0 Å². The Labute approximate surface area is 248 Å². The first-order valence-corrected chi connectivity index (χ1v) is 16.4. The zero-order valence-electron chi connectivity index (χ0n) is 23.7. The lowest BCUT2D eigenvalue weighted by Gasteiger charge is -2.40. The summed E-state index contributed by atoms with van der Waals surface area (Å²) in [6.07, 6.45) is 0.800. The van der Waals surface area contributed by atoms with Crippen LogP contribution in [-0.4, -0.2) is 110 Å². The van der Waals surface area contributed by atoms with E-state index >= 15 is 0 Å². The maximum absolute atomic E-state index is 14.3. The van der Waals surface area contributed by atoms with Gasteiger partial charge in [0.1, 0.15) is 17.2 Å². The molecule has 2 fully saturated rings. The number of carbonyl (C=O) groups is 1. The van der Waals surface area contributed by atoms with Gasteiger partial charge in [-0.3, -0.25) is 14.2 Å². The Morgan fingerprint density at radius 1 is 1.07 bits per heavy atom. The average Bonchev–Trinajstić information content (AvgIpc) is 2.99. The zero-order valence-corrected chi connectivity index (χ0v) is 25.3. The number of fused-ring (bicyclic) bond motifs is 2. The van der Waals surface area contributed by atoms with E-state index in [1.165, 1.54) is 24.7 Å². The number of benzene rings is 1. The first kappa shape index (κ1) is 31.4. The second kappa shape index (κ2) is 11.8. The number of sulfonamides is 1. The molecule has 0 saturated carbocycles. The third kappa shape index (κ3) is 5.79. The number of nitrogens with zero attached hydrogens (tertiary/aromatic N) is 5. The van der Waals surface area contributed by atoms with Crippen LogP contribution in [0.5, 0.6) is 5.75 Å². The highest BCUT2D eigenvalue weighted by molar-refractivity contribution is 7.89. The summed E-state index contributed by atoms with van der Waals surface area (Å²) in [4.78, 5) is 30.1. The SMILES string of the molecule is CN(C)S(=O)(=O)N1CCN(S(=O)(=O)c2cc(F)ccc2CNC(=O)c2nc3n(c(=O)c2O)CCOC32CCOCC2)CC1. The number of hydrogen-bond donors (Lipinski definition) is 2. The maximum atomic E-state index is 14.3. The number of rotatable bonds is 7. The molecule has 0 aliphatic carbocycles. The van der Waals surface area contributed by atoms with E-state index in [0.717, 1.165) is 25.0 Å². The number of hydrogen-bond acceptors (Lipinski definition) is 10. The van der Waals surface area contributed by atoms with Crippen molar-refractivity contribution in [3.8, 4) is 5.75 Å². The van der Waals surface area contributed by atoms with E-state index in [2.05, 4.69) is 10.3 Å². The van der Waals surface area contributed by atoms with Crippen molar-refractivity contribution in [1.82, 2.24) is 27.8 Å². The molecule has 15 nitrogen and oxygen atoms in total. The molecule has 43 heavy (non-hydrogen) atoms. The van der Waals surface area contributed by atoms with Crippen molar-refractivity contribution in [2.75, 3.05) is 60.1 Å². The number of amides is 1. The summed E-state index contributed by atoms with van der Waals surface area (Å²) in [5.74, 6) is -2.43. The van der Waals surface area contributed by atoms with Crippen molar-refractivity contribution >= 4 is 26.1 Å². The summed E-state index contributed by atoms with van der Waals surface area (Å²) in [5, 5.41) is 13.1. The second-order valence-corrected chi connectivity index (χ2v) is 14.6. The van der Waals surface area contributed by atoms with Gasteiger partial charge in [0, 0.05) is 72.9 Å². The van der Waals surface area contributed by atoms with Crippen LogP contribution in [0.3, 0.4) is 0 Å². The molecule has 3 aliphatic heterocycles. The minimum atomic E-state index is -4.30. The molecule has 18 heteroatoms. The Morgan fingerprint density at radius 3 is 2.37 bits per heavy atom. The van der Waals surface area contributed by atoms with Gasteiger partial charge < -0.3 is 19.9 Å². The van der Waals surface area contributed by atoms with Crippen LogP contribution >= 0.6 is 0 Å². The fourth-order valence-electron chi connectivity index (χ4n) is 5.41. The van der Waals surface area contributed by atoms with Gasteiger partial charge in [0.2, 0.25) is 15.8 Å². The Hall–Kier alpha value is -3.00. The summed E-state index contributed by atoms with van der Waals surface area (Å²) < 4.78 is 82.2. The van der Waals surface area contributed by atoms with Crippen LogP contribution in [0, 0.1) is 5.82 Å². The summed E-state index contributed by atoms with van der Waals surface area (Å²) in [6, 6.07) is 3.07. The van der Waals surface area contributed by atoms with E-state index in [4.69, 9.17) is 9.47 Å². The summed E-state index contributed by atoms with van der Waals surface area (Å²) in [7, 11) is -5.30. The molecule has 1 spiro atoms. The van der Waals surface area contributed by atoms with Crippen molar-refractivity contribution in [2.45, 2.75) is 36.4 Å². The van der Waals surface area contributed by atoms with Crippen molar-refractivity contribution in [2.24, 2.45) is 0 Å². The van der Waals surface area contributed by atoms with Crippen LogP contribution in [0.1, 0.15) is 34.7 Å². The van der Waals surface area contributed by atoms with E-state index in [1.807, 2.05) is 0 Å². The van der Waals surface area contributed by atoms with Crippen LogP contribution in [0.4, 0.5) is 4.39 Å². The van der Waals surface area contributed by atoms with E-state index in [0.29, 0.717) is 26.1 Å². The molecule has 1 amide bonds. The normalized spacial score (nSPS) is 19.8. The standard InChI is InChI=1S/C25H33FN6O9S2/c1-29(2)43(38,39)31-9-7-30(8-10-31)42(36,37)19-15-18(26)4-3-17(19)16-27-22(34)20-21(33)23(35)32-11-14-41-25(24(32)28-20)5-12-40-13-6-25/h3-4,15,33H,5-14,16H2,1-2H3,(H,27,34). The van der Waals surface area contributed by atoms with Crippen LogP contribution < -0.4 is 10.9 Å². The molecule has 2 N–H and O–H groups in total. The Balaban J connectivity index is 1.38. The molecular weight excluding hydrogens is 611 g/mol. The minimum absolute atomic E-state index is 0.0384. The van der Waals surface area contributed by atoms with Crippen LogP contribution in [0.15, 0.2) is 27.9 Å². The van der Waals surface area contributed by atoms with E-state index in [-0.39, 0.29) is 50.7 Å².